The van der Waals surface area contributed by atoms with Crippen molar-refractivity contribution < 1.29 is 24.3 Å². The van der Waals surface area contributed by atoms with E-state index in [1.807, 2.05) is 0 Å². The summed E-state index contributed by atoms with van der Waals surface area (Å²) in [4.78, 5) is 43.0. The Labute approximate surface area is 510 Å². The van der Waals surface area contributed by atoms with E-state index in [0.29, 0.717) is 43.1 Å². The van der Waals surface area contributed by atoms with Gasteiger partial charge in [0.05, 0.1) is 11.1 Å². The molecular weight excluding hydrogens is 1070 g/mol. The van der Waals surface area contributed by atoms with Crippen LogP contribution in [0.25, 0.3) is 1.43 Å². The zero-order valence-corrected chi connectivity index (χ0v) is 57.2. The second-order valence-corrected chi connectivity index (χ2v) is 23.1. The van der Waals surface area contributed by atoms with Crippen LogP contribution in [0.15, 0.2) is 152 Å². The van der Waals surface area contributed by atoms with Gasteiger partial charge in [-0.25, -0.2) is 0 Å². The molecule has 0 amide bonds. The average Bonchev–Trinajstić information content (AvgIpc) is 3.39. The normalized spacial score (nSPS) is 12.3. The SMILES string of the molecule is CC(=O)CC/C=C(\C)CC/C=C(\C)CCC=C(C)C.CC(C)=CCC/C(C)=C/CC/C(C)=C/CCC(=O)C=O.CC(C)=CCC/C(C)=C/CC/C(C)=C/CCC(=O)CBr.CS.[3H]OC(=C)CC/C=C(\C)CC/C=C(\C)CCC=C(C)C. The summed E-state index contributed by atoms with van der Waals surface area (Å²) < 4.78 is 6.70. The van der Waals surface area contributed by atoms with Crippen LogP contribution in [0, 0.1) is 0 Å². The van der Waals surface area contributed by atoms with Crippen LogP contribution in [0.5, 0.6) is 0 Å². The topological polar surface area (TPSA) is 88.5 Å². The number of aldehydes is 1. The van der Waals surface area contributed by atoms with Crippen molar-refractivity contribution in [3.05, 3.63) is 152 Å². The number of hydrogen-bond donors (Lipinski definition) is 2. The Morgan fingerprint density at radius 3 is 0.787 bits per heavy atom. The maximum absolute atomic E-state index is 11.2. The van der Waals surface area contributed by atoms with E-state index in [2.05, 4.69) is 224 Å². The minimum Gasteiger partial charge on any atom is -0.513 e. The zero-order chi connectivity index (χ0) is 62.8. The molecule has 0 aromatic carbocycles. The first-order chi connectivity index (χ1) is 38.3. The summed E-state index contributed by atoms with van der Waals surface area (Å²) in [7, 11) is 0. The van der Waals surface area contributed by atoms with Crippen LogP contribution < -0.4 is 0 Å². The highest BCUT2D eigenvalue weighted by molar-refractivity contribution is 9.09. The number of hydrogen-bond acceptors (Lipinski definition) is 6. The molecule has 5 nitrogen and oxygen atoms in total. The molecule has 0 aliphatic carbocycles. The Balaban J connectivity index is -0.000000313. The van der Waals surface area contributed by atoms with E-state index < -0.39 is 0 Å². The van der Waals surface area contributed by atoms with Crippen molar-refractivity contribution in [2.45, 2.75) is 272 Å². The van der Waals surface area contributed by atoms with Gasteiger partial charge in [-0.15, -0.1) is 0 Å². The molecule has 0 saturated heterocycles. The van der Waals surface area contributed by atoms with Crippen molar-refractivity contribution in [2.24, 2.45) is 0 Å². The van der Waals surface area contributed by atoms with Gasteiger partial charge in [-0.1, -0.05) is 162 Å². The molecule has 0 bridgehead atoms. The number of halogens is 1. The number of carbonyl (C=O) groups excluding carboxylic acids is 4. The molecule has 0 aliphatic heterocycles. The molecule has 80 heavy (non-hydrogen) atoms. The fourth-order valence-electron chi connectivity index (χ4n) is 7.42. The maximum atomic E-state index is 11.2. The first kappa shape index (κ1) is 82.4. The maximum Gasteiger partial charge on any atom is 0.293 e. The van der Waals surface area contributed by atoms with E-state index in [9.17, 15) is 19.2 Å². The lowest BCUT2D eigenvalue weighted by Gasteiger charge is -2.01. The highest BCUT2D eigenvalue weighted by atomic mass is 79.9. The fraction of sp³-hybridized carbons (Fsp3) is 0.589. The first-order valence-electron chi connectivity index (χ1n) is 30.3. The minimum absolute atomic E-state index is 0.277. The van der Waals surface area contributed by atoms with Gasteiger partial charge in [-0.05, 0) is 252 Å². The van der Waals surface area contributed by atoms with Gasteiger partial charge in [-0.2, -0.15) is 12.6 Å². The highest BCUT2D eigenvalue weighted by Crippen LogP contribution is 2.17. The fourth-order valence-corrected chi connectivity index (χ4v) is 7.70. The quantitative estimate of drug-likeness (QED) is 0.0160. The standard InChI is InChI=1S/C18H29BrO.C18H28O2.2C18H30O.CH4S/c2*1-15(2)8-5-9-16(3)10-6-11-17(4)12-7-13-18(20)14-19;2*1-15(2)9-6-10-16(3)11-7-12-17(4)13-8-14-18(5)19;1-2/h8,10,12H,5-7,9,11,13-14H2,1-4H3;8,10,12,14H,5-7,9,11,13H2,1-4H3;9,11,13H,6-8,10,12,14H2,1-5H3;9,11,13,19H,5-8,10,12,14H2,1-4H3;2H,1H3/b2*16-10+,17-12+;2*16-11+,17-13+;/i/hT. The smallest absolute Gasteiger partial charge is 0.293 e. The van der Waals surface area contributed by atoms with E-state index in [-0.39, 0.29) is 17.3 Å². The molecule has 0 radical (unpaired) electrons. The molecule has 0 saturated carbocycles. The number of allylic oxidation sites excluding steroid dienone is 25. The Hall–Kier alpha value is -4.07. The molecule has 0 aromatic heterocycles. The number of rotatable bonds is 39. The van der Waals surface area contributed by atoms with Crippen LogP contribution in [0.2, 0.25) is 0 Å². The number of ketones is 3. The molecule has 0 heterocycles. The van der Waals surface area contributed by atoms with Gasteiger partial charge < -0.3 is 9.90 Å². The Bertz CT molecular complexity index is 2020. The monoisotopic (exact) mass is 1190 g/mol. The molecule has 0 aromatic rings. The van der Waals surface area contributed by atoms with Crippen molar-refractivity contribution in [2.75, 3.05) is 11.6 Å². The lowest BCUT2D eigenvalue weighted by molar-refractivity contribution is -0.129. The van der Waals surface area contributed by atoms with Crippen molar-refractivity contribution in [1.29, 1.82) is 1.43 Å². The van der Waals surface area contributed by atoms with E-state index in [4.69, 9.17) is 1.43 Å². The summed E-state index contributed by atoms with van der Waals surface area (Å²) in [6, 6.07) is 0. The van der Waals surface area contributed by atoms with Gasteiger partial charge in [-0.3, -0.25) is 14.4 Å². The molecule has 7 heteroatoms. The molecule has 0 aliphatic rings. The second kappa shape index (κ2) is 61.0. The predicted octanol–water partition coefficient (Wildman–Crippen LogP) is 23.7. The molecule has 0 unspecified atom stereocenters. The van der Waals surface area contributed by atoms with Gasteiger partial charge in [0.2, 0.25) is 0 Å². The van der Waals surface area contributed by atoms with E-state index in [1.54, 1.807) is 13.2 Å². The number of alkyl halides is 1. The van der Waals surface area contributed by atoms with E-state index >= 15 is 0 Å². The van der Waals surface area contributed by atoms with Crippen LogP contribution >= 0.6 is 28.6 Å². The van der Waals surface area contributed by atoms with Crippen molar-refractivity contribution in [3.8, 4) is 0 Å². The van der Waals surface area contributed by atoms with Gasteiger partial charge in [0.25, 0.3) is 1.43 Å². The number of aliphatic hydroxyl groups excluding tert-OH is 1. The van der Waals surface area contributed by atoms with Gasteiger partial charge in [0.15, 0.2) is 12.1 Å². The van der Waals surface area contributed by atoms with E-state index in [0.717, 1.165) is 128 Å². The van der Waals surface area contributed by atoms with Gasteiger partial charge in [0.1, 0.15) is 11.6 Å². The number of thiol groups is 1. The van der Waals surface area contributed by atoms with Crippen molar-refractivity contribution in [3.63, 3.8) is 0 Å². The van der Waals surface area contributed by atoms with Gasteiger partial charge in [0, 0.05) is 25.7 Å². The summed E-state index contributed by atoms with van der Waals surface area (Å²) in [6.45, 7) is 39.8. The summed E-state index contributed by atoms with van der Waals surface area (Å²) in [5.41, 5.74) is 16.9. The molecule has 456 valence electrons. The summed E-state index contributed by atoms with van der Waals surface area (Å²) >= 11 is 6.72. The van der Waals surface area contributed by atoms with Gasteiger partial charge >= 0.3 is 0 Å². The van der Waals surface area contributed by atoms with E-state index in [1.165, 1.54) is 66.9 Å². The van der Waals surface area contributed by atoms with Crippen LogP contribution in [-0.4, -0.2) is 40.3 Å². The third kappa shape index (κ3) is 76.0. The third-order valence-corrected chi connectivity index (χ3v) is 13.1. The molecule has 1 N–H and O–H groups in total. The molecular formula is C73H121BrO5S. The predicted molar refractivity (Wildman–Crippen MR) is 366 cm³/mol. The third-order valence-electron chi connectivity index (χ3n) is 12.5. The highest BCUT2D eigenvalue weighted by Gasteiger charge is 2.00. The lowest BCUT2D eigenvalue weighted by atomic mass is 10.1. The summed E-state index contributed by atoms with van der Waals surface area (Å²) in [5, 5.41) is 4.79. The summed E-state index contributed by atoms with van der Waals surface area (Å²) in [6.07, 6.45) is 52.9. The Morgan fingerprint density at radius 1 is 0.362 bits per heavy atom. The Kier molecular flexibility index (Phi) is 62.8. The first-order valence-corrected chi connectivity index (χ1v) is 31.9. The molecule has 0 rings (SSSR count). The molecule has 0 spiro atoms. The largest absolute Gasteiger partial charge is 0.513 e. The minimum atomic E-state index is -0.316. The van der Waals surface area contributed by atoms with Crippen LogP contribution in [0.1, 0.15) is 272 Å². The summed E-state index contributed by atoms with van der Waals surface area (Å²) in [5.74, 6) is 0.774. The zero-order valence-electron chi connectivity index (χ0n) is 55.8. The lowest BCUT2D eigenvalue weighted by Crippen LogP contribution is -1.96. The van der Waals surface area contributed by atoms with Crippen molar-refractivity contribution >= 4 is 52.2 Å². The number of Topliss-reactive ketones (excluding diaryl/α,β-unsaturated/α-hetero) is 3. The average molecular weight is 1190 g/mol. The molecule has 0 atom stereocenters. The number of aliphatic hydroxyl groups is 1. The molecule has 0 fully saturated rings. The van der Waals surface area contributed by atoms with Crippen molar-refractivity contribution in [1.82, 2.24) is 0 Å². The number of carbonyl (C=O) groups is 4. The van der Waals surface area contributed by atoms with Crippen LogP contribution in [0.3, 0.4) is 0 Å². The Morgan fingerprint density at radius 2 is 0.575 bits per heavy atom. The van der Waals surface area contributed by atoms with Crippen LogP contribution in [-0.2, 0) is 19.2 Å². The second-order valence-electron chi connectivity index (χ2n) is 22.5. The van der Waals surface area contributed by atoms with Crippen LogP contribution in [0.4, 0.5) is 0 Å².